The Balaban J connectivity index is 1.90. The fraction of sp³-hybridized carbons (Fsp3) is 0.235. The summed E-state index contributed by atoms with van der Waals surface area (Å²) in [7, 11) is 3.92. The van der Waals surface area contributed by atoms with Gasteiger partial charge in [-0.2, -0.15) is 0 Å². The molecule has 0 atom stereocenters. The van der Waals surface area contributed by atoms with Gasteiger partial charge >= 0.3 is 0 Å². The normalized spacial score (nSPS) is 10.2. The molecule has 0 radical (unpaired) electrons. The summed E-state index contributed by atoms with van der Waals surface area (Å²) in [6.07, 6.45) is 0.327. The Morgan fingerprint density at radius 3 is 2.62 bits per heavy atom. The van der Waals surface area contributed by atoms with Crippen LogP contribution in [-0.4, -0.2) is 26.5 Å². The third-order valence-corrected chi connectivity index (χ3v) is 3.26. The predicted molar refractivity (Wildman–Crippen MR) is 86.4 cm³/mol. The van der Waals surface area contributed by atoms with E-state index in [2.05, 4.69) is 0 Å². The maximum atomic E-state index is 11.9. The lowest BCUT2D eigenvalue weighted by Gasteiger charge is -2.13. The van der Waals surface area contributed by atoms with Crippen LogP contribution in [0.4, 0.5) is 5.69 Å². The van der Waals surface area contributed by atoms with E-state index in [4.69, 9.17) is 16.3 Å². The fourth-order valence-corrected chi connectivity index (χ4v) is 2.15. The summed E-state index contributed by atoms with van der Waals surface area (Å²) < 4.78 is 5.55. The van der Waals surface area contributed by atoms with E-state index in [9.17, 15) is 4.79 Å². The van der Waals surface area contributed by atoms with Gasteiger partial charge in [0.15, 0.2) is 5.78 Å². The first-order chi connectivity index (χ1) is 10.0. The molecule has 0 spiro atoms. The van der Waals surface area contributed by atoms with Gasteiger partial charge < -0.3 is 9.64 Å². The Morgan fingerprint density at radius 1 is 1.14 bits per heavy atom. The molecule has 0 aliphatic rings. The average Bonchev–Trinajstić information content (AvgIpc) is 2.45. The monoisotopic (exact) mass is 303 g/mol. The lowest BCUT2D eigenvalue weighted by molar-refractivity contribution is -0.120. The molecule has 0 saturated carbocycles. The lowest BCUT2D eigenvalue weighted by Crippen LogP contribution is -2.14. The highest BCUT2D eigenvalue weighted by Crippen LogP contribution is 2.19. The summed E-state index contributed by atoms with van der Waals surface area (Å²) in [6, 6.07) is 15.0. The number of benzene rings is 2. The average molecular weight is 304 g/mol. The van der Waals surface area contributed by atoms with Crippen molar-refractivity contribution in [2.24, 2.45) is 0 Å². The Morgan fingerprint density at radius 2 is 1.90 bits per heavy atom. The van der Waals surface area contributed by atoms with Crippen LogP contribution in [0.1, 0.15) is 5.56 Å². The minimum Gasteiger partial charge on any atom is -0.486 e. The number of ketones is 1. The molecule has 0 aromatic heterocycles. The zero-order valence-electron chi connectivity index (χ0n) is 12.2. The van der Waals surface area contributed by atoms with Crippen molar-refractivity contribution < 1.29 is 9.53 Å². The molecule has 0 unspecified atom stereocenters. The first-order valence-electron chi connectivity index (χ1n) is 6.71. The number of rotatable bonds is 6. The minimum atomic E-state index is 0.0209. The maximum absolute atomic E-state index is 11.9. The van der Waals surface area contributed by atoms with Crippen LogP contribution >= 0.6 is 11.6 Å². The molecule has 0 saturated heterocycles. The van der Waals surface area contributed by atoms with Gasteiger partial charge in [-0.1, -0.05) is 29.8 Å². The van der Waals surface area contributed by atoms with Crippen LogP contribution in [0.3, 0.4) is 0 Å². The molecule has 21 heavy (non-hydrogen) atoms. The van der Waals surface area contributed by atoms with Gasteiger partial charge in [-0.15, -0.1) is 0 Å². The SMILES string of the molecule is CN(C)c1cccc(OCC(=O)Cc2cccc(Cl)c2)c1. The van der Waals surface area contributed by atoms with Crippen molar-refractivity contribution in [2.45, 2.75) is 6.42 Å². The quantitative estimate of drug-likeness (QED) is 0.816. The van der Waals surface area contributed by atoms with Crippen LogP contribution in [0.15, 0.2) is 48.5 Å². The van der Waals surface area contributed by atoms with Gasteiger partial charge in [0.25, 0.3) is 0 Å². The molecule has 0 fully saturated rings. The van der Waals surface area contributed by atoms with Crippen molar-refractivity contribution in [1.29, 1.82) is 0 Å². The Bertz CT molecular complexity index is 626. The van der Waals surface area contributed by atoms with E-state index in [0.29, 0.717) is 17.2 Å². The van der Waals surface area contributed by atoms with Crippen LogP contribution in [-0.2, 0) is 11.2 Å². The number of halogens is 1. The summed E-state index contributed by atoms with van der Waals surface area (Å²) in [5, 5.41) is 0.639. The Hall–Kier alpha value is -2.00. The molecule has 0 bridgehead atoms. The highest BCUT2D eigenvalue weighted by Gasteiger charge is 2.06. The van der Waals surface area contributed by atoms with Crippen LogP contribution in [0.5, 0.6) is 5.75 Å². The van der Waals surface area contributed by atoms with Crippen molar-refractivity contribution in [3.63, 3.8) is 0 Å². The third-order valence-electron chi connectivity index (χ3n) is 3.02. The van der Waals surface area contributed by atoms with Gasteiger partial charge in [0.2, 0.25) is 0 Å². The first-order valence-corrected chi connectivity index (χ1v) is 7.09. The van der Waals surface area contributed by atoms with E-state index in [1.807, 2.05) is 55.4 Å². The molecule has 0 aliphatic heterocycles. The van der Waals surface area contributed by atoms with Crippen LogP contribution in [0.25, 0.3) is 0 Å². The fourth-order valence-electron chi connectivity index (χ4n) is 1.94. The highest BCUT2D eigenvalue weighted by molar-refractivity contribution is 6.30. The van der Waals surface area contributed by atoms with Gasteiger partial charge in [0, 0.05) is 37.3 Å². The molecule has 0 N–H and O–H groups in total. The van der Waals surface area contributed by atoms with E-state index in [1.54, 1.807) is 12.1 Å². The second-order valence-corrected chi connectivity index (χ2v) is 5.46. The lowest BCUT2D eigenvalue weighted by atomic mass is 10.1. The summed E-state index contributed by atoms with van der Waals surface area (Å²) >= 11 is 5.90. The zero-order chi connectivity index (χ0) is 15.2. The molecule has 110 valence electrons. The standard InChI is InChI=1S/C17H18ClNO2/c1-19(2)15-7-4-8-17(11-15)21-12-16(20)10-13-5-3-6-14(18)9-13/h3-9,11H,10,12H2,1-2H3. The van der Waals surface area contributed by atoms with Gasteiger partial charge in [-0.3, -0.25) is 4.79 Å². The first kappa shape index (κ1) is 15.4. The number of nitrogens with zero attached hydrogens (tertiary/aromatic N) is 1. The van der Waals surface area contributed by atoms with Crippen LogP contribution < -0.4 is 9.64 Å². The van der Waals surface area contributed by atoms with E-state index in [1.165, 1.54) is 0 Å². The molecule has 0 aliphatic carbocycles. The van der Waals surface area contributed by atoms with E-state index < -0.39 is 0 Å². The second kappa shape index (κ2) is 7.14. The number of Topliss-reactive ketones (excluding diaryl/α,β-unsaturated/α-hetero) is 1. The maximum Gasteiger partial charge on any atom is 0.174 e. The number of carbonyl (C=O) groups is 1. The number of carbonyl (C=O) groups excluding carboxylic acids is 1. The summed E-state index contributed by atoms with van der Waals surface area (Å²) in [6.45, 7) is 0.0589. The predicted octanol–water partition coefficient (Wildman–Crippen LogP) is 3.60. The topological polar surface area (TPSA) is 29.5 Å². The Labute approximate surface area is 130 Å². The van der Waals surface area contributed by atoms with Crippen molar-refractivity contribution in [1.82, 2.24) is 0 Å². The van der Waals surface area contributed by atoms with Crippen molar-refractivity contribution in [3.05, 3.63) is 59.1 Å². The van der Waals surface area contributed by atoms with Crippen LogP contribution in [0, 0.1) is 0 Å². The van der Waals surface area contributed by atoms with Crippen molar-refractivity contribution in [2.75, 3.05) is 25.6 Å². The molecule has 0 amide bonds. The molecule has 2 aromatic carbocycles. The van der Waals surface area contributed by atoms with Crippen LogP contribution in [0.2, 0.25) is 5.02 Å². The molecule has 0 heterocycles. The van der Waals surface area contributed by atoms with Gasteiger partial charge in [-0.25, -0.2) is 0 Å². The number of hydrogen-bond donors (Lipinski definition) is 0. The molecule has 3 nitrogen and oxygen atoms in total. The van der Waals surface area contributed by atoms with Crippen molar-refractivity contribution in [3.8, 4) is 5.75 Å². The smallest absolute Gasteiger partial charge is 0.174 e. The Kier molecular flexibility index (Phi) is 5.23. The van der Waals surface area contributed by atoms with Gasteiger partial charge in [-0.05, 0) is 29.8 Å². The molecular weight excluding hydrogens is 286 g/mol. The van der Waals surface area contributed by atoms with Crippen molar-refractivity contribution >= 4 is 23.1 Å². The minimum absolute atomic E-state index is 0.0209. The third kappa shape index (κ3) is 4.80. The van der Waals surface area contributed by atoms with E-state index >= 15 is 0 Å². The van der Waals surface area contributed by atoms with Gasteiger partial charge in [0.1, 0.15) is 12.4 Å². The highest BCUT2D eigenvalue weighted by atomic mass is 35.5. The second-order valence-electron chi connectivity index (χ2n) is 5.03. The van der Waals surface area contributed by atoms with E-state index in [-0.39, 0.29) is 12.4 Å². The number of hydrogen-bond acceptors (Lipinski definition) is 3. The van der Waals surface area contributed by atoms with E-state index in [0.717, 1.165) is 11.3 Å². The summed E-state index contributed by atoms with van der Waals surface area (Å²) in [5.41, 5.74) is 1.94. The number of anilines is 1. The zero-order valence-corrected chi connectivity index (χ0v) is 12.9. The molecule has 2 aromatic rings. The summed E-state index contributed by atoms with van der Waals surface area (Å²) in [5.74, 6) is 0.716. The number of ether oxygens (including phenoxy) is 1. The summed E-state index contributed by atoms with van der Waals surface area (Å²) in [4.78, 5) is 13.9. The molecule has 2 rings (SSSR count). The molecular formula is C17H18ClNO2. The molecule has 4 heteroatoms. The van der Waals surface area contributed by atoms with Gasteiger partial charge in [0.05, 0.1) is 0 Å². The largest absolute Gasteiger partial charge is 0.486 e.